The number of hydrogen-bond donors (Lipinski definition) is 2. The van der Waals surface area contributed by atoms with Crippen molar-refractivity contribution in [3.05, 3.63) is 108 Å². The molecule has 0 radical (unpaired) electrons. The molecule has 4 N–H and O–H groups in total. The third-order valence-electron chi connectivity index (χ3n) is 5.48. The topological polar surface area (TPSA) is 157 Å². The summed E-state index contributed by atoms with van der Waals surface area (Å²) in [5.41, 5.74) is 15.5. The Balaban J connectivity index is 0.000000837. The van der Waals surface area contributed by atoms with Crippen LogP contribution in [-0.4, -0.2) is 51.3 Å². The molecule has 3 rings (SSSR count). The number of ether oxygens (including phenoxy) is 4. The van der Waals surface area contributed by atoms with Crippen molar-refractivity contribution in [2.45, 2.75) is 20.3 Å². The zero-order valence-electron chi connectivity index (χ0n) is 25.4. The van der Waals surface area contributed by atoms with Crippen molar-refractivity contribution in [2.24, 2.45) is 5.92 Å². The van der Waals surface area contributed by atoms with Gasteiger partial charge in [-0.05, 0) is 53.5 Å². The van der Waals surface area contributed by atoms with Gasteiger partial charge in [-0.25, -0.2) is 9.59 Å². The molecule has 0 bridgehead atoms. The second kappa shape index (κ2) is 21.3. The summed E-state index contributed by atoms with van der Waals surface area (Å²) in [4.78, 5) is 43.6. The third-order valence-corrected chi connectivity index (χ3v) is 5.48. The summed E-state index contributed by atoms with van der Waals surface area (Å²) in [6.07, 6.45) is 6.59. The van der Waals surface area contributed by atoms with Crippen molar-refractivity contribution in [3.63, 3.8) is 0 Å². The first-order valence-electron chi connectivity index (χ1n) is 13.6. The zero-order chi connectivity index (χ0) is 32.7. The van der Waals surface area contributed by atoms with E-state index >= 15 is 0 Å². The van der Waals surface area contributed by atoms with Crippen molar-refractivity contribution < 1.29 is 38.1 Å². The first kappa shape index (κ1) is 36.6. The lowest BCUT2D eigenvalue weighted by molar-refractivity contribution is -0.143. The molecule has 3 aromatic rings. The fourth-order valence-electron chi connectivity index (χ4n) is 3.32. The Morgan fingerprint density at radius 2 is 1.02 bits per heavy atom. The Morgan fingerprint density at radius 3 is 1.36 bits per heavy atom. The van der Waals surface area contributed by atoms with Crippen LogP contribution in [0.15, 0.2) is 91.0 Å². The maximum Gasteiger partial charge on any atom is 0.330 e. The molecule has 10 heteroatoms. The number of carbonyl (C=O) groups is 4. The molecular weight excluding hydrogens is 564 g/mol. The average molecular weight is 605 g/mol. The minimum atomic E-state index is -0.476. The summed E-state index contributed by atoms with van der Waals surface area (Å²) in [7, 11) is 2.70. The van der Waals surface area contributed by atoms with Crippen LogP contribution in [0.25, 0.3) is 12.2 Å². The molecule has 3 aromatic carbocycles. The number of nitrogens with two attached hydrogens (primary N) is 2. The van der Waals surface area contributed by atoms with Crippen LogP contribution < -0.4 is 11.5 Å². The van der Waals surface area contributed by atoms with Gasteiger partial charge in [0.2, 0.25) is 0 Å². The Labute approximate surface area is 258 Å². The van der Waals surface area contributed by atoms with Crippen molar-refractivity contribution in [3.8, 4) is 0 Å². The van der Waals surface area contributed by atoms with Crippen LogP contribution in [0, 0.1) is 5.92 Å². The Bertz CT molecular complexity index is 1270. The molecule has 0 saturated heterocycles. The van der Waals surface area contributed by atoms with Gasteiger partial charge in [-0.2, -0.15) is 0 Å². The summed E-state index contributed by atoms with van der Waals surface area (Å²) in [5.74, 6) is -1.72. The number of carbonyl (C=O) groups excluding carboxylic acids is 4. The van der Waals surface area contributed by atoms with E-state index in [4.69, 9.17) is 20.9 Å². The van der Waals surface area contributed by atoms with E-state index in [1.54, 1.807) is 30.4 Å². The molecule has 10 nitrogen and oxygen atoms in total. The molecule has 44 heavy (non-hydrogen) atoms. The number of methoxy groups -OCH3 is 2. The largest absolute Gasteiger partial charge is 0.469 e. The minimum absolute atomic E-state index is 0.0718. The number of anilines is 2. The van der Waals surface area contributed by atoms with Gasteiger partial charge in [0.1, 0.15) is 0 Å². The fourth-order valence-corrected chi connectivity index (χ4v) is 3.32. The Hall–Kier alpha value is -5.38. The van der Waals surface area contributed by atoms with Crippen LogP contribution in [0.4, 0.5) is 11.4 Å². The van der Waals surface area contributed by atoms with Gasteiger partial charge in [-0.1, -0.05) is 60.7 Å². The highest BCUT2D eigenvalue weighted by molar-refractivity contribution is 5.87. The fraction of sp³-hybridized carbons (Fsp3) is 0.235. The smallest absolute Gasteiger partial charge is 0.330 e. The first-order valence-corrected chi connectivity index (χ1v) is 13.6. The van der Waals surface area contributed by atoms with E-state index in [2.05, 4.69) is 9.47 Å². The van der Waals surface area contributed by atoms with Gasteiger partial charge in [0, 0.05) is 43.3 Å². The van der Waals surface area contributed by atoms with E-state index in [1.807, 2.05) is 60.7 Å². The molecule has 0 unspecified atom stereocenters. The van der Waals surface area contributed by atoms with Crippen molar-refractivity contribution in [1.29, 1.82) is 0 Å². The van der Waals surface area contributed by atoms with Crippen molar-refractivity contribution >= 4 is 47.4 Å². The highest BCUT2D eigenvalue weighted by atomic mass is 16.5. The maximum absolute atomic E-state index is 12.2. The van der Waals surface area contributed by atoms with Crippen LogP contribution in [0.2, 0.25) is 0 Å². The van der Waals surface area contributed by atoms with Crippen LogP contribution in [-0.2, 0) is 44.5 Å². The molecule has 234 valence electrons. The summed E-state index contributed by atoms with van der Waals surface area (Å²) in [6, 6.07) is 24.2. The standard InChI is InChI=1S/C28H28N2O4.2C3H6O2/c29-25-16-23(17-26(30)18-25)15-24(19-33-27(31)13-11-21-7-3-1-4-8-21)20-34-28(32)14-12-22-9-5-2-6-10-22;2*1-3(4)5-2/h1-14,16-18,24H,15,19-20,29-30H2;2*1-2H3/b13-11+,14-12+;;. The van der Waals surface area contributed by atoms with Gasteiger partial charge in [0.05, 0.1) is 27.4 Å². The van der Waals surface area contributed by atoms with Gasteiger partial charge < -0.3 is 30.4 Å². The zero-order valence-corrected chi connectivity index (χ0v) is 25.4. The Morgan fingerprint density at radius 1 is 0.659 bits per heavy atom. The molecule has 0 amide bonds. The molecule has 0 aliphatic carbocycles. The molecular formula is C34H40N2O8. The predicted octanol–water partition coefficient (Wildman–Crippen LogP) is 4.88. The molecule has 0 spiro atoms. The third kappa shape index (κ3) is 18.1. The quantitative estimate of drug-likeness (QED) is 0.141. The lowest BCUT2D eigenvalue weighted by Gasteiger charge is -2.17. The molecule has 0 fully saturated rings. The highest BCUT2D eigenvalue weighted by Crippen LogP contribution is 2.18. The van der Waals surface area contributed by atoms with E-state index in [9.17, 15) is 19.2 Å². The number of nitrogen functional groups attached to an aromatic ring is 2. The predicted molar refractivity (Wildman–Crippen MR) is 171 cm³/mol. The minimum Gasteiger partial charge on any atom is -0.469 e. The number of rotatable bonds is 10. The van der Waals surface area contributed by atoms with Crippen LogP contribution in [0.5, 0.6) is 0 Å². The monoisotopic (exact) mass is 604 g/mol. The lowest BCUT2D eigenvalue weighted by atomic mass is 10.00. The van der Waals surface area contributed by atoms with Gasteiger partial charge >= 0.3 is 23.9 Å². The van der Waals surface area contributed by atoms with Gasteiger partial charge in [0.15, 0.2) is 0 Å². The molecule has 0 saturated carbocycles. The van der Waals surface area contributed by atoms with E-state index in [1.165, 1.54) is 40.2 Å². The SMILES string of the molecule is COC(C)=O.COC(C)=O.Nc1cc(N)cc(CC(COC(=O)/C=C/c2ccccc2)COC(=O)/C=C/c2ccccc2)c1. The van der Waals surface area contributed by atoms with Crippen molar-refractivity contribution in [1.82, 2.24) is 0 Å². The number of benzene rings is 3. The number of esters is 4. The van der Waals surface area contributed by atoms with Gasteiger partial charge in [-0.3, -0.25) is 9.59 Å². The molecule has 0 aliphatic rings. The van der Waals surface area contributed by atoms with E-state index in [0.717, 1.165) is 16.7 Å². The second-order valence-electron chi connectivity index (χ2n) is 9.22. The van der Waals surface area contributed by atoms with Gasteiger partial charge in [0.25, 0.3) is 0 Å². The van der Waals surface area contributed by atoms with Crippen molar-refractivity contribution in [2.75, 3.05) is 38.9 Å². The highest BCUT2D eigenvalue weighted by Gasteiger charge is 2.15. The summed E-state index contributed by atoms with van der Waals surface area (Å²) >= 11 is 0. The maximum atomic E-state index is 12.2. The van der Waals surface area contributed by atoms with E-state index < -0.39 is 11.9 Å². The normalized spacial score (nSPS) is 10.2. The average Bonchev–Trinajstić information content (AvgIpc) is 3.01. The summed E-state index contributed by atoms with van der Waals surface area (Å²) < 4.78 is 19.1. The first-order chi connectivity index (χ1) is 21.0. The van der Waals surface area contributed by atoms with Crippen LogP contribution in [0.1, 0.15) is 30.5 Å². The second-order valence-corrected chi connectivity index (χ2v) is 9.22. The van der Waals surface area contributed by atoms with Crippen LogP contribution >= 0.6 is 0 Å². The Kier molecular flexibility index (Phi) is 17.8. The number of hydrogen-bond acceptors (Lipinski definition) is 10. The van der Waals surface area contributed by atoms with E-state index in [-0.39, 0.29) is 31.1 Å². The van der Waals surface area contributed by atoms with Gasteiger partial charge in [-0.15, -0.1) is 0 Å². The molecule has 0 heterocycles. The van der Waals surface area contributed by atoms with E-state index in [0.29, 0.717) is 17.8 Å². The molecule has 0 aromatic heterocycles. The summed E-state index contributed by atoms with van der Waals surface area (Å²) in [6.45, 7) is 2.87. The summed E-state index contributed by atoms with van der Waals surface area (Å²) in [5, 5.41) is 0. The molecule has 0 aliphatic heterocycles. The molecule has 0 atom stereocenters. The van der Waals surface area contributed by atoms with Crippen LogP contribution in [0.3, 0.4) is 0 Å². The lowest BCUT2D eigenvalue weighted by Crippen LogP contribution is -2.22.